The molecule has 0 fully saturated rings. The standard InChI is InChI=1S/C20H17ClN4O3S/c1-13-5-4-7-22-15(13)11-28-12-16(26)18-19(27)24-8-3-2-6-17(24)25(18)10-14-9-23-20(21)29-14/h2-9H,10-12H2,1H3/p+1. The van der Waals surface area contributed by atoms with Gasteiger partial charge >= 0.3 is 5.88 Å². The van der Waals surface area contributed by atoms with Gasteiger partial charge in [0.2, 0.25) is 5.78 Å². The van der Waals surface area contributed by atoms with Crippen LogP contribution in [0.4, 0.5) is 0 Å². The van der Waals surface area contributed by atoms with Crippen molar-refractivity contribution in [2.24, 2.45) is 0 Å². The second-order valence-corrected chi connectivity index (χ2v) is 8.15. The molecule has 0 amide bonds. The largest absolute Gasteiger partial charge is 0.474 e. The van der Waals surface area contributed by atoms with Gasteiger partial charge in [-0.15, -0.1) is 11.3 Å². The number of ketones is 1. The van der Waals surface area contributed by atoms with E-state index in [4.69, 9.17) is 16.3 Å². The molecule has 4 aromatic heterocycles. The summed E-state index contributed by atoms with van der Waals surface area (Å²) in [5.41, 5.74) is 2.63. The van der Waals surface area contributed by atoms with Gasteiger partial charge in [-0.25, -0.2) is 9.55 Å². The Morgan fingerprint density at radius 3 is 2.93 bits per heavy atom. The summed E-state index contributed by atoms with van der Waals surface area (Å²) in [6.45, 7) is 2.34. The van der Waals surface area contributed by atoms with Gasteiger partial charge < -0.3 is 9.84 Å². The van der Waals surface area contributed by atoms with Crippen LogP contribution in [0.3, 0.4) is 0 Å². The van der Waals surface area contributed by atoms with Gasteiger partial charge in [0.15, 0.2) is 4.47 Å². The SMILES string of the molecule is Cc1cccnc1COCC(=O)c1c(O)[n+]2ccccc2n1Cc1cnc(Cl)s1. The van der Waals surface area contributed by atoms with E-state index in [0.29, 0.717) is 16.7 Å². The minimum atomic E-state index is -0.324. The topological polar surface area (TPSA) is 81.3 Å². The Bertz CT molecular complexity index is 1190. The first-order valence-electron chi connectivity index (χ1n) is 8.88. The van der Waals surface area contributed by atoms with Crippen molar-refractivity contribution in [3.05, 3.63) is 75.2 Å². The van der Waals surface area contributed by atoms with Crippen molar-refractivity contribution < 1.29 is 19.0 Å². The van der Waals surface area contributed by atoms with Crippen LogP contribution in [0, 0.1) is 6.92 Å². The predicted molar refractivity (Wildman–Crippen MR) is 108 cm³/mol. The summed E-state index contributed by atoms with van der Waals surface area (Å²) in [6.07, 6.45) is 5.06. The third-order valence-corrected chi connectivity index (χ3v) is 5.62. The van der Waals surface area contributed by atoms with E-state index in [-0.39, 0.29) is 30.6 Å². The lowest BCUT2D eigenvalue weighted by molar-refractivity contribution is -0.521. The van der Waals surface area contributed by atoms with Gasteiger partial charge in [0, 0.05) is 18.5 Å². The summed E-state index contributed by atoms with van der Waals surface area (Å²) >= 11 is 7.27. The molecule has 0 saturated heterocycles. The number of carbonyl (C=O) groups excluding carboxylic acids is 1. The number of halogens is 1. The van der Waals surface area contributed by atoms with E-state index in [1.54, 1.807) is 33.6 Å². The van der Waals surface area contributed by atoms with E-state index in [1.807, 2.05) is 31.2 Å². The number of imidazole rings is 1. The zero-order chi connectivity index (χ0) is 20.4. The first-order valence-corrected chi connectivity index (χ1v) is 10.1. The van der Waals surface area contributed by atoms with E-state index >= 15 is 0 Å². The Balaban J connectivity index is 1.61. The summed E-state index contributed by atoms with van der Waals surface area (Å²) in [6, 6.07) is 9.25. The van der Waals surface area contributed by atoms with Gasteiger partial charge in [-0.2, -0.15) is 4.40 Å². The Hall–Kier alpha value is -2.81. The molecule has 0 unspecified atom stereocenters. The summed E-state index contributed by atoms with van der Waals surface area (Å²) in [5, 5.41) is 10.7. The summed E-state index contributed by atoms with van der Waals surface area (Å²) < 4.78 is 9.34. The highest BCUT2D eigenvalue weighted by molar-refractivity contribution is 7.15. The van der Waals surface area contributed by atoms with Crippen molar-refractivity contribution in [3.8, 4) is 5.88 Å². The molecular weight excluding hydrogens is 412 g/mol. The van der Waals surface area contributed by atoms with Crippen LogP contribution in [-0.2, 0) is 17.9 Å². The fraction of sp³-hybridized carbons (Fsp3) is 0.200. The molecule has 0 atom stereocenters. The average Bonchev–Trinajstić information content (AvgIpc) is 3.25. The van der Waals surface area contributed by atoms with Crippen molar-refractivity contribution in [3.63, 3.8) is 0 Å². The lowest BCUT2D eigenvalue weighted by atomic mass is 10.2. The van der Waals surface area contributed by atoms with Crippen LogP contribution in [0.5, 0.6) is 5.88 Å². The normalized spacial score (nSPS) is 11.2. The molecule has 7 nitrogen and oxygen atoms in total. The minimum Gasteiger partial charge on any atom is -0.474 e. The van der Waals surface area contributed by atoms with Gasteiger partial charge in [-0.1, -0.05) is 23.7 Å². The second kappa shape index (κ2) is 8.28. The molecule has 4 aromatic rings. The highest BCUT2D eigenvalue weighted by atomic mass is 35.5. The number of nitrogens with zero attached hydrogens (tertiary/aromatic N) is 4. The summed E-state index contributed by atoms with van der Waals surface area (Å²) in [4.78, 5) is 22.1. The van der Waals surface area contributed by atoms with Gasteiger partial charge in [0.05, 0.1) is 23.4 Å². The van der Waals surface area contributed by atoms with E-state index < -0.39 is 0 Å². The number of aromatic nitrogens is 4. The van der Waals surface area contributed by atoms with E-state index in [2.05, 4.69) is 9.97 Å². The molecule has 148 valence electrons. The molecule has 4 rings (SSSR count). The molecule has 0 aliphatic rings. The molecule has 0 bridgehead atoms. The lowest BCUT2D eigenvalue weighted by Gasteiger charge is -2.05. The van der Waals surface area contributed by atoms with Crippen LogP contribution in [0.1, 0.15) is 26.6 Å². The third kappa shape index (κ3) is 4.00. The minimum absolute atomic E-state index is 0.126. The maximum Gasteiger partial charge on any atom is 0.339 e. The summed E-state index contributed by atoms with van der Waals surface area (Å²) in [5.74, 6) is -0.450. The highest BCUT2D eigenvalue weighted by Gasteiger charge is 2.31. The smallest absolute Gasteiger partial charge is 0.339 e. The van der Waals surface area contributed by atoms with Crippen LogP contribution in [-0.4, -0.2) is 32.0 Å². The Morgan fingerprint density at radius 2 is 2.17 bits per heavy atom. The number of rotatable bonds is 7. The first-order chi connectivity index (χ1) is 14.0. The van der Waals surface area contributed by atoms with Crippen LogP contribution < -0.4 is 4.40 Å². The van der Waals surface area contributed by atoms with Gasteiger partial charge in [0.1, 0.15) is 13.2 Å². The van der Waals surface area contributed by atoms with E-state index in [1.165, 1.54) is 11.3 Å². The molecular formula is C20H18ClN4O3S+. The zero-order valence-electron chi connectivity index (χ0n) is 15.6. The van der Waals surface area contributed by atoms with Gasteiger partial charge in [-0.05, 0) is 24.6 Å². The Morgan fingerprint density at radius 1 is 1.31 bits per heavy atom. The maximum absolute atomic E-state index is 12.9. The lowest BCUT2D eigenvalue weighted by Crippen LogP contribution is -2.19. The molecule has 0 aromatic carbocycles. The number of pyridine rings is 2. The Labute approximate surface area is 175 Å². The molecule has 0 aliphatic heterocycles. The highest BCUT2D eigenvalue weighted by Crippen LogP contribution is 2.24. The molecule has 4 heterocycles. The van der Waals surface area contributed by atoms with E-state index in [9.17, 15) is 9.90 Å². The van der Waals surface area contributed by atoms with Crippen LogP contribution in [0.15, 0.2) is 48.9 Å². The molecule has 0 aliphatic carbocycles. The maximum atomic E-state index is 12.9. The average molecular weight is 430 g/mol. The van der Waals surface area contributed by atoms with Gasteiger partial charge in [0.25, 0.3) is 11.3 Å². The molecule has 0 saturated carbocycles. The number of Topliss-reactive ketones (excluding diaryl/α,β-unsaturated/α-hetero) is 1. The number of hydrogen-bond acceptors (Lipinski definition) is 6. The van der Waals surface area contributed by atoms with Crippen molar-refractivity contribution in [1.82, 2.24) is 14.5 Å². The third-order valence-electron chi connectivity index (χ3n) is 4.52. The summed E-state index contributed by atoms with van der Waals surface area (Å²) in [7, 11) is 0. The zero-order valence-corrected chi connectivity index (χ0v) is 17.2. The molecule has 9 heteroatoms. The Kier molecular flexibility index (Phi) is 5.57. The number of thiazole rings is 1. The first kappa shape index (κ1) is 19.5. The monoisotopic (exact) mass is 429 g/mol. The second-order valence-electron chi connectivity index (χ2n) is 6.45. The molecule has 0 radical (unpaired) electrons. The predicted octanol–water partition coefficient (Wildman–Crippen LogP) is 3.19. The van der Waals surface area contributed by atoms with Gasteiger partial charge in [-0.3, -0.25) is 9.78 Å². The van der Waals surface area contributed by atoms with E-state index in [0.717, 1.165) is 16.1 Å². The molecule has 0 spiro atoms. The number of aryl methyl sites for hydroxylation is 1. The number of carbonyl (C=O) groups is 1. The van der Waals surface area contributed by atoms with Crippen LogP contribution in [0.2, 0.25) is 4.47 Å². The quantitative estimate of drug-likeness (QED) is 0.360. The molecule has 29 heavy (non-hydrogen) atoms. The number of aromatic hydroxyl groups is 1. The number of fused-ring (bicyclic) bond motifs is 1. The van der Waals surface area contributed by atoms with Crippen molar-refractivity contribution in [2.45, 2.75) is 20.1 Å². The van der Waals surface area contributed by atoms with Crippen molar-refractivity contribution in [1.29, 1.82) is 0 Å². The molecule has 1 N–H and O–H groups in total. The fourth-order valence-corrected chi connectivity index (χ4v) is 4.08. The van der Waals surface area contributed by atoms with Crippen molar-refractivity contribution >= 4 is 34.4 Å². The number of hydrogen-bond donors (Lipinski definition) is 1. The fourth-order valence-electron chi connectivity index (χ4n) is 3.11. The number of ether oxygens (including phenoxy) is 1. The van der Waals surface area contributed by atoms with Crippen molar-refractivity contribution in [2.75, 3.05) is 6.61 Å². The van der Waals surface area contributed by atoms with Crippen LogP contribution in [0.25, 0.3) is 5.65 Å². The van der Waals surface area contributed by atoms with Crippen LogP contribution >= 0.6 is 22.9 Å².